The van der Waals surface area contributed by atoms with Gasteiger partial charge in [-0.3, -0.25) is 4.79 Å². The lowest BCUT2D eigenvalue weighted by molar-refractivity contribution is -0.151. The normalized spacial score (nSPS) is 12.8. The van der Waals surface area contributed by atoms with Gasteiger partial charge in [0.1, 0.15) is 5.76 Å². The summed E-state index contributed by atoms with van der Waals surface area (Å²) in [6.45, 7) is 7.57. The van der Waals surface area contributed by atoms with Gasteiger partial charge in [-0.25, -0.2) is 0 Å². The molecule has 1 aromatic heterocycles. The van der Waals surface area contributed by atoms with Crippen LogP contribution in [0.25, 0.3) is 0 Å². The van der Waals surface area contributed by atoms with Crippen LogP contribution in [-0.4, -0.2) is 21.8 Å². The Kier molecular flexibility index (Phi) is 3.38. The van der Waals surface area contributed by atoms with Crippen LogP contribution < -0.4 is 5.32 Å². The first-order valence-corrected chi connectivity index (χ1v) is 5.15. The van der Waals surface area contributed by atoms with E-state index in [9.17, 15) is 4.79 Å². The van der Waals surface area contributed by atoms with Crippen LogP contribution in [0, 0.1) is 5.41 Å². The molecule has 0 fully saturated rings. The van der Waals surface area contributed by atoms with E-state index in [2.05, 4.69) is 10.5 Å². The Morgan fingerprint density at radius 1 is 1.50 bits per heavy atom. The van der Waals surface area contributed by atoms with Crippen molar-refractivity contribution >= 4 is 5.97 Å². The van der Waals surface area contributed by atoms with Gasteiger partial charge in [0.25, 0.3) is 0 Å². The van der Waals surface area contributed by atoms with Crippen LogP contribution in [0.3, 0.4) is 0 Å². The SMILES string of the molecule is CC(C)(NCc1ccno1)C(C)(C)C(=O)O. The van der Waals surface area contributed by atoms with Crippen LogP contribution in [0.2, 0.25) is 0 Å². The molecule has 0 amide bonds. The highest BCUT2D eigenvalue weighted by molar-refractivity contribution is 5.75. The molecular formula is C11H18N2O3. The molecule has 5 heteroatoms. The van der Waals surface area contributed by atoms with Gasteiger partial charge in [0.15, 0.2) is 0 Å². The number of hydrogen-bond acceptors (Lipinski definition) is 4. The Balaban J connectivity index is 2.68. The molecule has 1 heterocycles. The standard InChI is InChI=1S/C11H18N2O3/c1-10(2,9(14)15)11(3,4)12-7-8-5-6-13-16-8/h5-6,12H,7H2,1-4H3,(H,14,15). The lowest BCUT2D eigenvalue weighted by Gasteiger charge is -2.38. The number of hydrogen-bond donors (Lipinski definition) is 2. The first-order chi connectivity index (χ1) is 7.27. The van der Waals surface area contributed by atoms with Crippen molar-refractivity contribution in [3.63, 3.8) is 0 Å². The second-order valence-corrected chi connectivity index (χ2v) is 4.89. The summed E-state index contributed by atoms with van der Waals surface area (Å²) in [5.74, 6) is -0.142. The smallest absolute Gasteiger partial charge is 0.310 e. The van der Waals surface area contributed by atoms with Crippen molar-refractivity contribution in [3.05, 3.63) is 18.0 Å². The molecule has 0 atom stereocenters. The van der Waals surface area contributed by atoms with Crippen LogP contribution in [0.5, 0.6) is 0 Å². The van der Waals surface area contributed by atoms with E-state index < -0.39 is 16.9 Å². The molecule has 1 rings (SSSR count). The zero-order valence-corrected chi connectivity index (χ0v) is 10.1. The minimum absolute atomic E-state index is 0.462. The van der Waals surface area contributed by atoms with E-state index >= 15 is 0 Å². The van der Waals surface area contributed by atoms with Crippen LogP contribution in [0.15, 0.2) is 16.8 Å². The maximum atomic E-state index is 11.2. The van der Waals surface area contributed by atoms with E-state index in [-0.39, 0.29) is 0 Å². The van der Waals surface area contributed by atoms with Gasteiger partial charge in [-0.05, 0) is 27.7 Å². The summed E-state index contributed by atoms with van der Waals surface area (Å²) in [5, 5.41) is 15.9. The third-order valence-corrected chi connectivity index (χ3v) is 3.29. The number of carbonyl (C=O) groups is 1. The van der Waals surface area contributed by atoms with Crippen molar-refractivity contribution < 1.29 is 14.4 Å². The lowest BCUT2D eigenvalue weighted by atomic mass is 9.74. The second kappa shape index (κ2) is 4.25. The molecule has 0 spiro atoms. The molecule has 0 saturated heterocycles. The molecular weight excluding hydrogens is 208 g/mol. The first kappa shape index (κ1) is 12.7. The average Bonchev–Trinajstić information content (AvgIpc) is 2.66. The number of rotatable bonds is 5. The van der Waals surface area contributed by atoms with Gasteiger partial charge in [-0.1, -0.05) is 5.16 Å². The Morgan fingerprint density at radius 2 is 2.12 bits per heavy atom. The summed E-state index contributed by atoms with van der Waals surface area (Å²) in [5.41, 5.74) is -1.42. The van der Waals surface area contributed by atoms with Crippen molar-refractivity contribution in [1.82, 2.24) is 10.5 Å². The second-order valence-electron chi connectivity index (χ2n) is 4.89. The Labute approximate surface area is 94.8 Å². The quantitative estimate of drug-likeness (QED) is 0.798. The zero-order chi connectivity index (χ0) is 12.4. The van der Waals surface area contributed by atoms with Gasteiger partial charge < -0.3 is 14.9 Å². The molecule has 0 radical (unpaired) electrons. The van der Waals surface area contributed by atoms with Gasteiger partial charge in [0, 0.05) is 11.6 Å². The molecule has 0 aromatic carbocycles. The highest BCUT2D eigenvalue weighted by Crippen LogP contribution is 2.30. The third-order valence-electron chi connectivity index (χ3n) is 3.29. The van der Waals surface area contributed by atoms with Crippen LogP contribution >= 0.6 is 0 Å². The van der Waals surface area contributed by atoms with E-state index in [4.69, 9.17) is 9.63 Å². The molecule has 90 valence electrons. The number of aliphatic carboxylic acids is 1. The van der Waals surface area contributed by atoms with Crippen molar-refractivity contribution in [3.8, 4) is 0 Å². The van der Waals surface area contributed by atoms with Gasteiger partial charge in [-0.15, -0.1) is 0 Å². The molecule has 0 aliphatic carbocycles. The first-order valence-electron chi connectivity index (χ1n) is 5.15. The topological polar surface area (TPSA) is 75.4 Å². The average molecular weight is 226 g/mol. The highest BCUT2D eigenvalue weighted by Gasteiger charge is 2.43. The van der Waals surface area contributed by atoms with Crippen LogP contribution in [-0.2, 0) is 11.3 Å². The molecule has 0 unspecified atom stereocenters. The molecule has 16 heavy (non-hydrogen) atoms. The van der Waals surface area contributed by atoms with Crippen LogP contribution in [0.4, 0.5) is 0 Å². The summed E-state index contributed by atoms with van der Waals surface area (Å²) >= 11 is 0. The van der Waals surface area contributed by atoms with Gasteiger partial charge in [0.2, 0.25) is 0 Å². The predicted octanol–water partition coefficient (Wildman–Crippen LogP) is 1.65. The maximum Gasteiger partial charge on any atom is 0.310 e. The summed E-state index contributed by atoms with van der Waals surface area (Å²) < 4.78 is 4.94. The summed E-state index contributed by atoms with van der Waals surface area (Å²) in [6, 6.07) is 1.75. The van der Waals surface area contributed by atoms with E-state index in [0.717, 1.165) is 0 Å². The van der Waals surface area contributed by atoms with Gasteiger partial charge in [-0.2, -0.15) is 0 Å². The number of nitrogens with zero attached hydrogens (tertiary/aromatic N) is 1. The summed E-state index contributed by atoms with van der Waals surface area (Å²) in [4.78, 5) is 11.2. The van der Waals surface area contributed by atoms with Crippen LogP contribution in [0.1, 0.15) is 33.5 Å². The van der Waals surface area contributed by atoms with Crippen molar-refractivity contribution in [1.29, 1.82) is 0 Å². The zero-order valence-electron chi connectivity index (χ0n) is 10.1. The number of carboxylic acid groups (broad SMARTS) is 1. The number of nitrogens with one attached hydrogen (secondary N) is 1. The third kappa shape index (κ3) is 2.41. The fourth-order valence-corrected chi connectivity index (χ4v) is 1.13. The maximum absolute atomic E-state index is 11.2. The fraction of sp³-hybridized carbons (Fsp3) is 0.636. The monoisotopic (exact) mass is 226 g/mol. The molecule has 0 bridgehead atoms. The molecule has 2 N–H and O–H groups in total. The Hall–Kier alpha value is -1.36. The molecule has 1 aromatic rings. The van der Waals surface area contributed by atoms with Crippen molar-refractivity contribution in [2.45, 2.75) is 39.8 Å². The summed E-state index contributed by atoms with van der Waals surface area (Å²) in [7, 11) is 0. The number of carboxylic acids is 1. The van der Waals surface area contributed by atoms with Crippen molar-refractivity contribution in [2.24, 2.45) is 5.41 Å². The Bertz CT molecular complexity index is 355. The van der Waals surface area contributed by atoms with Gasteiger partial charge >= 0.3 is 5.97 Å². The predicted molar refractivity (Wildman–Crippen MR) is 58.8 cm³/mol. The molecule has 0 aliphatic rings. The molecule has 0 aliphatic heterocycles. The highest BCUT2D eigenvalue weighted by atomic mass is 16.5. The number of aromatic nitrogens is 1. The minimum atomic E-state index is -0.868. The lowest BCUT2D eigenvalue weighted by Crippen LogP contribution is -2.54. The summed E-state index contributed by atoms with van der Waals surface area (Å²) in [6.07, 6.45) is 1.56. The van der Waals surface area contributed by atoms with E-state index in [0.29, 0.717) is 12.3 Å². The van der Waals surface area contributed by atoms with E-state index in [1.807, 2.05) is 13.8 Å². The van der Waals surface area contributed by atoms with E-state index in [1.165, 1.54) is 0 Å². The van der Waals surface area contributed by atoms with Gasteiger partial charge in [0.05, 0.1) is 18.2 Å². The molecule has 5 nitrogen and oxygen atoms in total. The minimum Gasteiger partial charge on any atom is -0.481 e. The largest absolute Gasteiger partial charge is 0.481 e. The van der Waals surface area contributed by atoms with E-state index in [1.54, 1.807) is 26.1 Å². The fourth-order valence-electron chi connectivity index (χ4n) is 1.13. The van der Waals surface area contributed by atoms with Crippen molar-refractivity contribution in [2.75, 3.05) is 0 Å². The Morgan fingerprint density at radius 3 is 2.56 bits per heavy atom. The molecule has 0 saturated carbocycles.